The minimum absolute atomic E-state index is 1.18. The lowest BCUT2D eigenvalue weighted by molar-refractivity contribution is 0.924. The molecule has 0 amide bonds. The average Bonchev–Trinajstić information content (AvgIpc) is 2.61. The second-order valence-corrected chi connectivity index (χ2v) is 9.03. The molecule has 0 radical (unpaired) electrons. The van der Waals surface area contributed by atoms with Crippen molar-refractivity contribution in [2.24, 2.45) is 0 Å². The fraction of sp³-hybridized carbons (Fsp3) is 0.429. The molecule has 2 atom stereocenters. The molecule has 0 N–H and O–H groups in total. The summed E-state index contributed by atoms with van der Waals surface area (Å²) in [4.78, 5) is 0. The molecule has 2 aromatic rings. The van der Waals surface area contributed by atoms with Crippen molar-refractivity contribution in [2.75, 3.05) is 24.6 Å². The Bertz CT molecular complexity index is 448. The SMILES string of the molecule is c1ccc(CCCPCCCPCCCc2ccccc2)cc1. The van der Waals surface area contributed by atoms with Gasteiger partial charge in [-0.3, -0.25) is 0 Å². The van der Waals surface area contributed by atoms with E-state index in [1.54, 1.807) is 0 Å². The maximum atomic E-state index is 2.25. The van der Waals surface area contributed by atoms with Crippen LogP contribution in [-0.4, -0.2) is 24.6 Å². The number of aryl methyl sites for hydroxylation is 2. The first-order chi connectivity index (χ1) is 11.4. The molecular formula is C21H30P2. The summed E-state index contributed by atoms with van der Waals surface area (Å²) < 4.78 is 0. The van der Waals surface area contributed by atoms with Gasteiger partial charge in [-0.2, -0.15) is 0 Å². The summed E-state index contributed by atoms with van der Waals surface area (Å²) >= 11 is 0. The van der Waals surface area contributed by atoms with Crippen molar-refractivity contribution in [1.82, 2.24) is 0 Å². The van der Waals surface area contributed by atoms with E-state index in [1.165, 1.54) is 85.0 Å². The van der Waals surface area contributed by atoms with E-state index in [0.717, 1.165) is 0 Å². The van der Waals surface area contributed by atoms with Crippen molar-refractivity contribution in [2.45, 2.75) is 32.1 Å². The molecular weight excluding hydrogens is 314 g/mol. The first-order valence-electron chi connectivity index (χ1n) is 8.94. The van der Waals surface area contributed by atoms with E-state index in [0.29, 0.717) is 0 Å². The Hall–Kier alpha value is -0.700. The number of rotatable bonds is 12. The number of hydrogen-bond donors (Lipinski definition) is 0. The monoisotopic (exact) mass is 344 g/mol. The van der Waals surface area contributed by atoms with Gasteiger partial charge in [0.15, 0.2) is 0 Å². The van der Waals surface area contributed by atoms with Crippen LogP contribution in [0.2, 0.25) is 0 Å². The molecule has 0 aliphatic rings. The third-order valence-corrected chi connectivity index (χ3v) is 6.86. The molecule has 0 spiro atoms. The smallest absolute Gasteiger partial charge is 0.0276 e. The highest BCUT2D eigenvalue weighted by Crippen LogP contribution is 2.20. The van der Waals surface area contributed by atoms with Crippen LogP contribution in [0.4, 0.5) is 0 Å². The standard InChI is InChI=1S/C21H30P2/c1-3-10-20(11-4-1)14-7-16-22-18-9-19-23-17-8-15-21-12-5-2-6-13-21/h1-6,10-13,22-23H,7-9,14-19H2. The first kappa shape index (κ1) is 18.6. The van der Waals surface area contributed by atoms with Gasteiger partial charge in [0.05, 0.1) is 0 Å². The van der Waals surface area contributed by atoms with Crippen LogP contribution in [-0.2, 0) is 12.8 Å². The lowest BCUT2D eigenvalue weighted by atomic mass is 10.1. The van der Waals surface area contributed by atoms with Crippen LogP contribution >= 0.6 is 17.2 Å². The summed E-state index contributed by atoms with van der Waals surface area (Å²) in [5, 5.41) is 0. The summed E-state index contributed by atoms with van der Waals surface area (Å²) in [5.41, 5.74) is 2.99. The van der Waals surface area contributed by atoms with Gasteiger partial charge in [0.25, 0.3) is 0 Å². The van der Waals surface area contributed by atoms with Crippen molar-refractivity contribution in [3.05, 3.63) is 71.8 Å². The fourth-order valence-electron chi connectivity index (χ4n) is 2.71. The Morgan fingerprint density at radius 3 is 1.30 bits per heavy atom. The molecule has 0 heterocycles. The van der Waals surface area contributed by atoms with Crippen LogP contribution in [0.25, 0.3) is 0 Å². The molecule has 2 unspecified atom stereocenters. The Balaban J connectivity index is 1.34. The molecule has 0 fully saturated rings. The first-order valence-corrected chi connectivity index (χ1v) is 11.8. The summed E-state index contributed by atoms with van der Waals surface area (Å²) in [6, 6.07) is 21.8. The van der Waals surface area contributed by atoms with E-state index in [4.69, 9.17) is 0 Å². The van der Waals surface area contributed by atoms with Crippen LogP contribution in [0, 0.1) is 0 Å². The van der Waals surface area contributed by atoms with Crippen molar-refractivity contribution in [3.8, 4) is 0 Å². The number of hydrogen-bond acceptors (Lipinski definition) is 0. The topological polar surface area (TPSA) is 0 Å². The van der Waals surface area contributed by atoms with E-state index in [-0.39, 0.29) is 0 Å². The van der Waals surface area contributed by atoms with E-state index in [9.17, 15) is 0 Å². The summed E-state index contributed by atoms with van der Waals surface area (Å²) in [6.07, 6.45) is 12.5. The summed E-state index contributed by atoms with van der Waals surface area (Å²) in [5.74, 6) is 0. The minimum Gasteiger partial charge on any atom is -0.122 e. The van der Waals surface area contributed by atoms with Crippen LogP contribution < -0.4 is 0 Å². The van der Waals surface area contributed by atoms with Crippen LogP contribution in [0.1, 0.15) is 30.4 Å². The third-order valence-electron chi connectivity index (χ3n) is 4.03. The van der Waals surface area contributed by atoms with Gasteiger partial charge in [-0.05, 0) is 67.9 Å². The van der Waals surface area contributed by atoms with Gasteiger partial charge in [-0.25, -0.2) is 0 Å². The van der Waals surface area contributed by atoms with Gasteiger partial charge in [0.1, 0.15) is 0 Å². The quantitative estimate of drug-likeness (QED) is 0.327. The Kier molecular flexibility index (Phi) is 10.3. The fourth-order valence-corrected chi connectivity index (χ4v) is 5.27. The van der Waals surface area contributed by atoms with Crippen LogP contribution in [0.3, 0.4) is 0 Å². The Morgan fingerprint density at radius 1 is 0.478 bits per heavy atom. The zero-order valence-electron chi connectivity index (χ0n) is 14.1. The molecule has 2 heteroatoms. The Labute approximate surface area is 146 Å². The van der Waals surface area contributed by atoms with Crippen LogP contribution in [0.15, 0.2) is 60.7 Å². The van der Waals surface area contributed by atoms with E-state index >= 15 is 0 Å². The van der Waals surface area contributed by atoms with Gasteiger partial charge < -0.3 is 0 Å². The minimum atomic E-state index is 1.18. The van der Waals surface area contributed by atoms with Gasteiger partial charge in [-0.15, -0.1) is 17.2 Å². The van der Waals surface area contributed by atoms with Crippen molar-refractivity contribution in [3.63, 3.8) is 0 Å². The molecule has 0 aromatic heterocycles. The highest BCUT2D eigenvalue weighted by Gasteiger charge is 1.95. The highest BCUT2D eigenvalue weighted by atomic mass is 31.1. The van der Waals surface area contributed by atoms with E-state index in [2.05, 4.69) is 60.7 Å². The predicted molar refractivity (Wildman–Crippen MR) is 110 cm³/mol. The molecule has 124 valence electrons. The van der Waals surface area contributed by atoms with Crippen molar-refractivity contribution < 1.29 is 0 Å². The number of benzene rings is 2. The molecule has 0 aliphatic heterocycles. The molecule has 0 saturated heterocycles. The molecule has 23 heavy (non-hydrogen) atoms. The third kappa shape index (κ3) is 9.24. The van der Waals surface area contributed by atoms with E-state index in [1.807, 2.05) is 0 Å². The molecule has 2 rings (SSSR count). The summed E-state index contributed by atoms with van der Waals surface area (Å²) in [7, 11) is 2.36. The van der Waals surface area contributed by atoms with Gasteiger partial charge in [-0.1, -0.05) is 60.7 Å². The van der Waals surface area contributed by atoms with Gasteiger partial charge in [0, 0.05) is 0 Å². The second-order valence-electron chi connectivity index (χ2n) is 6.03. The summed E-state index contributed by atoms with van der Waals surface area (Å²) in [6.45, 7) is 0. The van der Waals surface area contributed by atoms with Crippen LogP contribution in [0.5, 0.6) is 0 Å². The van der Waals surface area contributed by atoms with Gasteiger partial charge >= 0.3 is 0 Å². The largest absolute Gasteiger partial charge is 0.122 e. The maximum absolute atomic E-state index is 2.25. The molecule has 0 nitrogen and oxygen atoms in total. The predicted octanol–water partition coefficient (Wildman–Crippen LogP) is 6.00. The second kappa shape index (κ2) is 12.7. The normalized spacial score (nSPS) is 11.8. The lowest BCUT2D eigenvalue weighted by Crippen LogP contribution is -1.90. The maximum Gasteiger partial charge on any atom is -0.0276 e. The zero-order chi connectivity index (χ0) is 16.0. The molecule has 2 aromatic carbocycles. The molecule has 0 aliphatic carbocycles. The average molecular weight is 344 g/mol. The van der Waals surface area contributed by atoms with Crippen molar-refractivity contribution in [1.29, 1.82) is 0 Å². The molecule has 0 saturated carbocycles. The van der Waals surface area contributed by atoms with Crippen molar-refractivity contribution >= 4 is 17.2 Å². The highest BCUT2D eigenvalue weighted by molar-refractivity contribution is 7.39. The lowest BCUT2D eigenvalue weighted by Gasteiger charge is -2.04. The molecule has 0 bridgehead atoms. The zero-order valence-corrected chi connectivity index (χ0v) is 16.1. The van der Waals surface area contributed by atoms with E-state index < -0.39 is 0 Å². The Morgan fingerprint density at radius 2 is 0.870 bits per heavy atom. The van der Waals surface area contributed by atoms with Gasteiger partial charge in [0.2, 0.25) is 0 Å².